The van der Waals surface area contributed by atoms with Gasteiger partial charge in [0.2, 0.25) is 0 Å². The molecule has 1 N–H and O–H groups in total. The van der Waals surface area contributed by atoms with Crippen molar-refractivity contribution in [2.24, 2.45) is 0 Å². The van der Waals surface area contributed by atoms with Crippen molar-refractivity contribution in [2.75, 3.05) is 5.32 Å². The molecule has 0 radical (unpaired) electrons. The predicted octanol–water partition coefficient (Wildman–Crippen LogP) is 6.16. The number of hydrogen-bond donors (Lipinski definition) is 1. The molecule has 0 aliphatic carbocycles. The zero-order valence-electron chi connectivity index (χ0n) is 14.9. The van der Waals surface area contributed by atoms with E-state index in [0.29, 0.717) is 16.5 Å². The van der Waals surface area contributed by atoms with Crippen LogP contribution in [0.1, 0.15) is 31.9 Å². The monoisotopic (exact) mass is 385 g/mol. The Kier molecular flexibility index (Phi) is 5.64. The van der Waals surface area contributed by atoms with Crippen LogP contribution in [-0.4, -0.2) is 5.91 Å². The molecule has 3 nitrogen and oxygen atoms in total. The second-order valence-electron chi connectivity index (χ2n) is 6.29. The number of rotatable bonds is 5. The highest BCUT2D eigenvalue weighted by molar-refractivity contribution is 7.12. The lowest BCUT2D eigenvalue weighted by Crippen LogP contribution is -2.11. The van der Waals surface area contributed by atoms with Crippen LogP contribution >= 0.6 is 22.9 Å². The van der Waals surface area contributed by atoms with Gasteiger partial charge in [0.25, 0.3) is 5.91 Å². The summed E-state index contributed by atoms with van der Waals surface area (Å²) in [5.74, 6) is 0.694. The molecule has 1 aromatic heterocycles. The molecule has 1 heterocycles. The van der Waals surface area contributed by atoms with E-state index in [1.54, 1.807) is 6.07 Å². The maximum Gasteiger partial charge on any atom is 0.265 e. The molecule has 5 heteroatoms. The maximum atomic E-state index is 12.5. The Bertz CT molecular complexity index is 949. The molecule has 2 aromatic carbocycles. The van der Waals surface area contributed by atoms with Crippen LogP contribution in [0.3, 0.4) is 0 Å². The molecule has 3 rings (SSSR count). The van der Waals surface area contributed by atoms with Gasteiger partial charge in [-0.1, -0.05) is 23.7 Å². The highest BCUT2D eigenvalue weighted by Crippen LogP contribution is 2.24. The van der Waals surface area contributed by atoms with E-state index in [4.69, 9.17) is 16.3 Å². The van der Waals surface area contributed by atoms with Gasteiger partial charge in [-0.05, 0) is 73.2 Å². The molecule has 0 saturated heterocycles. The van der Waals surface area contributed by atoms with Crippen LogP contribution in [0.15, 0.2) is 47.8 Å². The highest BCUT2D eigenvalue weighted by atomic mass is 35.5. The lowest BCUT2D eigenvalue weighted by Gasteiger charge is -2.09. The Morgan fingerprint density at radius 1 is 1.08 bits per heavy atom. The molecular weight excluding hydrogens is 366 g/mol. The number of anilines is 1. The number of aryl methyl sites for hydroxylation is 3. The second kappa shape index (κ2) is 7.94. The fourth-order valence-corrected chi connectivity index (χ4v) is 3.58. The van der Waals surface area contributed by atoms with Crippen molar-refractivity contribution in [1.82, 2.24) is 0 Å². The molecule has 0 saturated carbocycles. The Balaban J connectivity index is 1.65. The third kappa shape index (κ3) is 4.45. The second-order valence-corrected chi connectivity index (χ2v) is 7.64. The van der Waals surface area contributed by atoms with Crippen molar-refractivity contribution >= 4 is 34.5 Å². The standard InChI is InChI=1S/C21H20ClNO2S/c1-13-4-5-14(2)18(8-13)23-21(24)20-10-16(12-26-20)11-25-19-7-6-17(22)9-15(19)3/h4-10,12H,11H2,1-3H3,(H,23,24). The lowest BCUT2D eigenvalue weighted by molar-refractivity contribution is 0.103. The summed E-state index contributed by atoms with van der Waals surface area (Å²) in [5, 5.41) is 5.62. The van der Waals surface area contributed by atoms with Gasteiger partial charge >= 0.3 is 0 Å². The maximum absolute atomic E-state index is 12.5. The van der Waals surface area contributed by atoms with E-state index in [1.165, 1.54) is 11.3 Å². The number of ether oxygens (including phenoxy) is 1. The van der Waals surface area contributed by atoms with Crippen molar-refractivity contribution in [3.63, 3.8) is 0 Å². The molecule has 0 aliphatic heterocycles. The van der Waals surface area contributed by atoms with Crippen LogP contribution in [-0.2, 0) is 6.61 Å². The van der Waals surface area contributed by atoms with Gasteiger partial charge in [0.1, 0.15) is 12.4 Å². The van der Waals surface area contributed by atoms with E-state index < -0.39 is 0 Å². The van der Waals surface area contributed by atoms with Crippen molar-refractivity contribution in [3.05, 3.63) is 80.0 Å². The molecule has 0 atom stereocenters. The Morgan fingerprint density at radius 3 is 2.65 bits per heavy atom. The van der Waals surface area contributed by atoms with E-state index in [2.05, 4.69) is 5.32 Å². The molecule has 0 bridgehead atoms. The number of thiophene rings is 1. The van der Waals surface area contributed by atoms with Crippen molar-refractivity contribution in [2.45, 2.75) is 27.4 Å². The number of amides is 1. The quantitative estimate of drug-likeness (QED) is 0.571. The van der Waals surface area contributed by atoms with Gasteiger partial charge in [0, 0.05) is 16.3 Å². The van der Waals surface area contributed by atoms with Crippen LogP contribution < -0.4 is 10.1 Å². The van der Waals surface area contributed by atoms with Gasteiger partial charge in [-0.3, -0.25) is 4.79 Å². The third-order valence-corrected chi connectivity index (χ3v) is 5.26. The summed E-state index contributed by atoms with van der Waals surface area (Å²) in [6, 6.07) is 13.4. The molecular formula is C21H20ClNO2S. The van der Waals surface area contributed by atoms with Crippen molar-refractivity contribution in [1.29, 1.82) is 0 Å². The fraction of sp³-hybridized carbons (Fsp3) is 0.190. The number of carbonyl (C=O) groups excluding carboxylic acids is 1. The number of benzene rings is 2. The highest BCUT2D eigenvalue weighted by Gasteiger charge is 2.11. The largest absolute Gasteiger partial charge is 0.489 e. The molecule has 1 amide bonds. The lowest BCUT2D eigenvalue weighted by atomic mass is 10.1. The van der Waals surface area contributed by atoms with E-state index in [1.807, 2.05) is 62.5 Å². The summed E-state index contributed by atoms with van der Waals surface area (Å²) in [5.41, 5.74) is 4.96. The first kappa shape index (κ1) is 18.5. The zero-order valence-corrected chi connectivity index (χ0v) is 16.5. The van der Waals surface area contributed by atoms with Gasteiger partial charge in [0.15, 0.2) is 0 Å². The van der Waals surface area contributed by atoms with E-state index in [9.17, 15) is 4.79 Å². The Morgan fingerprint density at radius 2 is 1.88 bits per heavy atom. The van der Waals surface area contributed by atoms with Crippen LogP contribution in [0.5, 0.6) is 5.75 Å². The summed E-state index contributed by atoms with van der Waals surface area (Å²) in [7, 11) is 0. The molecule has 0 fully saturated rings. The summed E-state index contributed by atoms with van der Waals surface area (Å²) >= 11 is 7.38. The van der Waals surface area contributed by atoms with Gasteiger partial charge in [0.05, 0.1) is 4.88 Å². The van der Waals surface area contributed by atoms with Gasteiger partial charge in [-0.25, -0.2) is 0 Å². The average molecular weight is 386 g/mol. The number of hydrogen-bond acceptors (Lipinski definition) is 3. The molecule has 0 unspecified atom stereocenters. The molecule has 0 spiro atoms. The minimum Gasteiger partial charge on any atom is -0.489 e. The van der Waals surface area contributed by atoms with E-state index in [0.717, 1.165) is 33.7 Å². The number of halogens is 1. The van der Waals surface area contributed by atoms with Crippen molar-refractivity contribution in [3.8, 4) is 5.75 Å². The smallest absolute Gasteiger partial charge is 0.265 e. The minimum atomic E-state index is -0.0994. The SMILES string of the molecule is Cc1ccc(C)c(NC(=O)c2cc(COc3ccc(Cl)cc3C)cs2)c1. The molecule has 0 aliphatic rings. The predicted molar refractivity (Wildman–Crippen MR) is 109 cm³/mol. The normalized spacial score (nSPS) is 10.6. The molecule has 26 heavy (non-hydrogen) atoms. The third-order valence-electron chi connectivity index (χ3n) is 4.05. The zero-order chi connectivity index (χ0) is 18.7. The average Bonchev–Trinajstić information content (AvgIpc) is 3.06. The first-order valence-corrected chi connectivity index (χ1v) is 9.53. The van der Waals surface area contributed by atoms with Gasteiger partial charge < -0.3 is 10.1 Å². The van der Waals surface area contributed by atoms with Crippen molar-refractivity contribution < 1.29 is 9.53 Å². The Labute approximate surface area is 162 Å². The Hall–Kier alpha value is -2.30. The number of nitrogens with one attached hydrogen (secondary N) is 1. The fourth-order valence-electron chi connectivity index (χ4n) is 2.56. The topological polar surface area (TPSA) is 38.3 Å². The van der Waals surface area contributed by atoms with Crippen LogP contribution in [0.25, 0.3) is 0 Å². The van der Waals surface area contributed by atoms with Crippen LogP contribution in [0.2, 0.25) is 5.02 Å². The number of carbonyl (C=O) groups is 1. The summed E-state index contributed by atoms with van der Waals surface area (Å²) in [6.07, 6.45) is 0. The first-order valence-electron chi connectivity index (χ1n) is 8.27. The summed E-state index contributed by atoms with van der Waals surface area (Å²) in [6.45, 7) is 6.36. The van der Waals surface area contributed by atoms with Crippen LogP contribution in [0.4, 0.5) is 5.69 Å². The summed E-state index contributed by atoms with van der Waals surface area (Å²) < 4.78 is 5.84. The summed E-state index contributed by atoms with van der Waals surface area (Å²) in [4.78, 5) is 13.2. The van der Waals surface area contributed by atoms with E-state index >= 15 is 0 Å². The first-order chi connectivity index (χ1) is 12.4. The van der Waals surface area contributed by atoms with Gasteiger partial charge in [-0.2, -0.15) is 0 Å². The molecule has 134 valence electrons. The molecule has 3 aromatic rings. The van der Waals surface area contributed by atoms with E-state index in [-0.39, 0.29) is 5.91 Å². The van der Waals surface area contributed by atoms with Crippen LogP contribution in [0, 0.1) is 20.8 Å². The minimum absolute atomic E-state index is 0.0994. The van der Waals surface area contributed by atoms with Gasteiger partial charge in [-0.15, -0.1) is 11.3 Å².